The Bertz CT molecular complexity index is 668. The highest BCUT2D eigenvalue weighted by Crippen LogP contribution is 2.29. The third-order valence-corrected chi connectivity index (χ3v) is 3.17. The quantitative estimate of drug-likeness (QED) is 0.624. The first-order valence-corrected chi connectivity index (χ1v) is 6.55. The molecule has 0 bridgehead atoms. The van der Waals surface area contributed by atoms with E-state index >= 15 is 0 Å². The molecule has 0 aliphatic heterocycles. The van der Waals surface area contributed by atoms with E-state index in [1.54, 1.807) is 19.9 Å². The van der Waals surface area contributed by atoms with Crippen molar-refractivity contribution in [2.75, 3.05) is 0 Å². The number of nitrogens with zero attached hydrogens (tertiary/aromatic N) is 1. The largest absolute Gasteiger partial charge is 0.416 e. The summed E-state index contributed by atoms with van der Waals surface area (Å²) in [5.41, 5.74) is 1.65. The van der Waals surface area contributed by atoms with Gasteiger partial charge < -0.3 is 4.84 Å². The zero-order chi connectivity index (χ0) is 16.3. The van der Waals surface area contributed by atoms with Crippen molar-refractivity contribution >= 4 is 11.5 Å². The minimum Gasteiger partial charge on any atom is -0.390 e. The molecule has 0 radical (unpaired) electrons. The van der Waals surface area contributed by atoms with Crippen LogP contribution in [0.1, 0.15) is 25.0 Å². The first kappa shape index (κ1) is 16.0. The minimum absolute atomic E-state index is 0.0513. The number of carbonyl (C=O) groups excluding carboxylic acids is 1. The molecule has 1 aliphatic carbocycles. The Kier molecular flexibility index (Phi) is 4.49. The highest BCUT2D eigenvalue weighted by molar-refractivity contribution is 6.21. The Morgan fingerprint density at radius 1 is 1.05 bits per heavy atom. The summed E-state index contributed by atoms with van der Waals surface area (Å²) in [5, 5.41) is 3.91. The molecule has 1 aromatic rings. The van der Waals surface area contributed by atoms with Crippen molar-refractivity contribution in [1.29, 1.82) is 0 Å². The van der Waals surface area contributed by atoms with Crippen LogP contribution < -0.4 is 0 Å². The number of alkyl halides is 3. The lowest BCUT2D eigenvalue weighted by Crippen LogP contribution is -2.10. The SMILES string of the molecule is CC1=CC(=NOCc2ccc(C(F)(F)F)cc2)C(C)=CC1=O. The van der Waals surface area contributed by atoms with Crippen LogP contribution >= 0.6 is 0 Å². The predicted molar refractivity (Wildman–Crippen MR) is 76.2 cm³/mol. The smallest absolute Gasteiger partial charge is 0.390 e. The summed E-state index contributed by atoms with van der Waals surface area (Å²) in [5.74, 6) is -0.0702. The van der Waals surface area contributed by atoms with Crippen LogP contribution in [0.4, 0.5) is 13.2 Å². The van der Waals surface area contributed by atoms with E-state index in [2.05, 4.69) is 5.16 Å². The monoisotopic (exact) mass is 309 g/mol. The summed E-state index contributed by atoms with van der Waals surface area (Å²) in [6.07, 6.45) is -1.27. The van der Waals surface area contributed by atoms with E-state index in [9.17, 15) is 18.0 Å². The van der Waals surface area contributed by atoms with Gasteiger partial charge in [-0.15, -0.1) is 0 Å². The van der Waals surface area contributed by atoms with Crippen molar-refractivity contribution in [3.63, 3.8) is 0 Å². The topological polar surface area (TPSA) is 38.7 Å². The van der Waals surface area contributed by atoms with E-state index in [0.717, 1.165) is 12.1 Å². The molecule has 0 amide bonds. The molecular formula is C16H14F3NO2. The van der Waals surface area contributed by atoms with Gasteiger partial charge in [0.1, 0.15) is 12.3 Å². The number of hydrogen-bond acceptors (Lipinski definition) is 3. The fourth-order valence-electron chi connectivity index (χ4n) is 1.84. The molecule has 0 unspecified atom stereocenters. The van der Waals surface area contributed by atoms with Gasteiger partial charge in [-0.2, -0.15) is 13.2 Å². The van der Waals surface area contributed by atoms with Crippen molar-refractivity contribution in [3.05, 3.63) is 58.7 Å². The van der Waals surface area contributed by atoms with Gasteiger partial charge in [0.05, 0.1) is 5.56 Å². The lowest BCUT2D eigenvalue weighted by molar-refractivity contribution is -0.137. The van der Waals surface area contributed by atoms with Gasteiger partial charge in [0.2, 0.25) is 0 Å². The second-order valence-electron chi connectivity index (χ2n) is 4.96. The molecule has 3 nitrogen and oxygen atoms in total. The van der Waals surface area contributed by atoms with E-state index < -0.39 is 11.7 Å². The van der Waals surface area contributed by atoms with Crippen molar-refractivity contribution in [1.82, 2.24) is 0 Å². The molecule has 0 spiro atoms. The third-order valence-electron chi connectivity index (χ3n) is 3.17. The van der Waals surface area contributed by atoms with Crippen LogP contribution in [0.5, 0.6) is 0 Å². The maximum absolute atomic E-state index is 12.4. The van der Waals surface area contributed by atoms with Crippen LogP contribution in [0.3, 0.4) is 0 Å². The number of benzene rings is 1. The summed E-state index contributed by atoms with van der Waals surface area (Å²) < 4.78 is 37.3. The number of rotatable bonds is 3. The number of allylic oxidation sites excluding steroid dienone is 4. The molecular weight excluding hydrogens is 295 g/mol. The van der Waals surface area contributed by atoms with Gasteiger partial charge in [0.25, 0.3) is 0 Å². The molecule has 0 N–H and O–H groups in total. The standard InChI is InChI=1S/C16H14F3NO2/c1-10-8-15(21)11(2)7-14(10)20-22-9-12-3-5-13(6-4-12)16(17,18)19/h3-8H,9H2,1-2H3. The summed E-state index contributed by atoms with van der Waals surface area (Å²) >= 11 is 0. The Labute approximate surface area is 125 Å². The molecule has 0 saturated carbocycles. The van der Waals surface area contributed by atoms with Crippen LogP contribution in [0, 0.1) is 0 Å². The Morgan fingerprint density at radius 3 is 2.27 bits per heavy atom. The van der Waals surface area contributed by atoms with Crippen molar-refractivity contribution in [2.45, 2.75) is 26.6 Å². The predicted octanol–water partition coefficient (Wildman–Crippen LogP) is 4.05. The first-order valence-electron chi connectivity index (χ1n) is 6.55. The van der Waals surface area contributed by atoms with Crippen molar-refractivity contribution < 1.29 is 22.8 Å². The van der Waals surface area contributed by atoms with E-state index in [1.807, 2.05) is 0 Å². The van der Waals surface area contributed by atoms with Crippen LogP contribution in [-0.2, 0) is 22.4 Å². The Hall–Kier alpha value is -2.37. The number of halogens is 3. The third kappa shape index (κ3) is 3.84. The average molecular weight is 309 g/mol. The van der Waals surface area contributed by atoms with Crippen molar-refractivity contribution in [2.24, 2.45) is 5.16 Å². The number of carbonyl (C=O) groups is 1. The van der Waals surface area contributed by atoms with Crippen LogP contribution in [0.2, 0.25) is 0 Å². The first-order chi connectivity index (χ1) is 10.3. The molecule has 1 aliphatic rings. The zero-order valence-corrected chi connectivity index (χ0v) is 12.1. The molecule has 0 saturated heterocycles. The Morgan fingerprint density at radius 2 is 1.68 bits per heavy atom. The normalized spacial score (nSPS) is 17.3. The van der Waals surface area contributed by atoms with Gasteiger partial charge in [-0.1, -0.05) is 17.3 Å². The van der Waals surface area contributed by atoms with Gasteiger partial charge in [-0.3, -0.25) is 4.79 Å². The van der Waals surface area contributed by atoms with Gasteiger partial charge >= 0.3 is 6.18 Å². The molecule has 6 heteroatoms. The molecule has 0 atom stereocenters. The van der Waals surface area contributed by atoms with E-state index in [4.69, 9.17) is 4.84 Å². The Balaban J connectivity index is 2.01. The summed E-state index contributed by atoms with van der Waals surface area (Å²) in [7, 11) is 0. The average Bonchev–Trinajstić information content (AvgIpc) is 2.44. The van der Waals surface area contributed by atoms with Gasteiger partial charge in [-0.05, 0) is 54.8 Å². The lowest BCUT2D eigenvalue weighted by atomic mass is 9.99. The summed E-state index contributed by atoms with van der Waals surface area (Å²) in [4.78, 5) is 16.6. The van der Waals surface area contributed by atoms with Crippen LogP contribution in [-0.4, -0.2) is 11.5 Å². The lowest BCUT2D eigenvalue weighted by Gasteiger charge is -2.10. The minimum atomic E-state index is -4.35. The van der Waals surface area contributed by atoms with E-state index in [0.29, 0.717) is 22.4 Å². The van der Waals surface area contributed by atoms with Crippen molar-refractivity contribution in [3.8, 4) is 0 Å². The van der Waals surface area contributed by atoms with Gasteiger partial charge in [0, 0.05) is 0 Å². The van der Waals surface area contributed by atoms with Crippen LogP contribution in [0.25, 0.3) is 0 Å². The molecule has 1 aromatic carbocycles. The number of ketones is 1. The summed E-state index contributed by atoms with van der Waals surface area (Å²) in [6, 6.07) is 4.69. The van der Waals surface area contributed by atoms with E-state index in [1.165, 1.54) is 18.2 Å². The zero-order valence-electron chi connectivity index (χ0n) is 12.1. The van der Waals surface area contributed by atoms with Gasteiger partial charge in [-0.25, -0.2) is 0 Å². The maximum atomic E-state index is 12.4. The van der Waals surface area contributed by atoms with E-state index in [-0.39, 0.29) is 12.4 Å². The van der Waals surface area contributed by atoms with Crippen LogP contribution in [0.15, 0.2) is 52.7 Å². The second-order valence-corrected chi connectivity index (χ2v) is 4.96. The number of hydrogen-bond donors (Lipinski definition) is 0. The number of oxime groups is 1. The highest BCUT2D eigenvalue weighted by atomic mass is 19.4. The fourth-order valence-corrected chi connectivity index (χ4v) is 1.84. The van der Waals surface area contributed by atoms with Gasteiger partial charge in [0.15, 0.2) is 5.78 Å². The molecule has 0 aromatic heterocycles. The molecule has 0 heterocycles. The molecule has 2 rings (SSSR count). The molecule has 0 fully saturated rings. The second kappa shape index (κ2) is 6.17. The molecule has 116 valence electrons. The highest BCUT2D eigenvalue weighted by Gasteiger charge is 2.29. The molecule has 22 heavy (non-hydrogen) atoms. The maximum Gasteiger partial charge on any atom is 0.416 e. The fraction of sp³-hybridized carbons (Fsp3) is 0.250. The summed E-state index contributed by atoms with van der Waals surface area (Å²) in [6.45, 7) is 3.47.